The van der Waals surface area contributed by atoms with Gasteiger partial charge >= 0.3 is 0 Å². The van der Waals surface area contributed by atoms with Crippen LogP contribution in [-0.2, 0) is 0 Å². The molecule has 1 aromatic carbocycles. The molecule has 78 valence electrons. The molecule has 0 spiro atoms. The molecule has 1 rings (SSSR count). The number of nitrogens with zero attached hydrogens (tertiary/aromatic N) is 1. The Balaban J connectivity index is 2.70. The lowest BCUT2D eigenvalue weighted by Crippen LogP contribution is -2.32. The maximum Gasteiger partial charge on any atom is 0.253 e. The molecule has 0 radical (unpaired) electrons. The normalized spacial score (nSPS) is 11.5. The van der Waals surface area contributed by atoms with E-state index in [1.54, 1.807) is 31.2 Å². The van der Waals surface area contributed by atoms with Crippen molar-refractivity contribution in [3.8, 4) is 6.07 Å². The van der Waals surface area contributed by atoms with E-state index in [0.29, 0.717) is 10.6 Å². The lowest BCUT2D eigenvalue weighted by molar-refractivity contribution is 0.0941. The van der Waals surface area contributed by atoms with Crippen LogP contribution in [0, 0.1) is 11.3 Å². The van der Waals surface area contributed by atoms with E-state index in [-0.39, 0.29) is 18.4 Å². The second kappa shape index (κ2) is 5.38. The minimum Gasteiger partial charge on any atom is -0.349 e. The standard InChI is InChI=1S/C11H11ClN2O/c1-8(6-7-13)14-11(15)9-4-2-3-5-10(9)12/h2-5,8H,6H2,1H3,(H,14,15). The second-order valence-electron chi connectivity index (χ2n) is 3.22. The number of hydrogen-bond acceptors (Lipinski definition) is 2. The molecular formula is C11H11ClN2O. The first-order valence-corrected chi connectivity index (χ1v) is 4.95. The van der Waals surface area contributed by atoms with Crippen LogP contribution in [0.2, 0.25) is 5.02 Å². The van der Waals surface area contributed by atoms with Gasteiger partial charge in [0, 0.05) is 6.04 Å². The molecule has 0 aliphatic heterocycles. The van der Waals surface area contributed by atoms with Gasteiger partial charge in [0.2, 0.25) is 0 Å². The highest BCUT2D eigenvalue weighted by Crippen LogP contribution is 2.14. The predicted molar refractivity (Wildman–Crippen MR) is 58.6 cm³/mol. The monoisotopic (exact) mass is 222 g/mol. The van der Waals surface area contributed by atoms with Crippen molar-refractivity contribution in [1.29, 1.82) is 5.26 Å². The third-order valence-electron chi connectivity index (χ3n) is 1.89. The van der Waals surface area contributed by atoms with Crippen LogP contribution in [0.1, 0.15) is 23.7 Å². The number of nitriles is 1. The summed E-state index contributed by atoms with van der Waals surface area (Å²) >= 11 is 5.85. The van der Waals surface area contributed by atoms with Crippen LogP contribution >= 0.6 is 11.6 Å². The molecule has 1 N–H and O–H groups in total. The summed E-state index contributed by atoms with van der Waals surface area (Å²) in [4.78, 5) is 11.6. The fraction of sp³-hybridized carbons (Fsp3) is 0.273. The maximum absolute atomic E-state index is 11.6. The number of carbonyl (C=O) groups is 1. The minimum atomic E-state index is -0.247. The summed E-state index contributed by atoms with van der Waals surface area (Å²) in [5.74, 6) is -0.247. The van der Waals surface area contributed by atoms with Crippen LogP contribution in [0.5, 0.6) is 0 Å². The fourth-order valence-electron chi connectivity index (χ4n) is 1.13. The van der Waals surface area contributed by atoms with Crippen LogP contribution in [0.25, 0.3) is 0 Å². The Morgan fingerprint density at radius 3 is 2.87 bits per heavy atom. The van der Waals surface area contributed by atoms with Crippen LogP contribution < -0.4 is 5.32 Å². The summed E-state index contributed by atoms with van der Waals surface area (Å²) in [6, 6.07) is 8.64. The Hall–Kier alpha value is -1.53. The molecule has 0 saturated heterocycles. The number of benzene rings is 1. The van der Waals surface area contributed by atoms with Gasteiger partial charge in [-0.25, -0.2) is 0 Å². The van der Waals surface area contributed by atoms with Crippen LogP contribution in [-0.4, -0.2) is 11.9 Å². The van der Waals surface area contributed by atoms with E-state index in [1.165, 1.54) is 0 Å². The van der Waals surface area contributed by atoms with E-state index >= 15 is 0 Å². The van der Waals surface area contributed by atoms with Gasteiger partial charge in [-0.15, -0.1) is 0 Å². The Morgan fingerprint density at radius 1 is 1.60 bits per heavy atom. The minimum absolute atomic E-state index is 0.168. The van der Waals surface area contributed by atoms with Crippen molar-refractivity contribution in [2.75, 3.05) is 0 Å². The SMILES string of the molecule is CC(CC#N)NC(=O)c1ccccc1Cl. The molecule has 1 atom stereocenters. The number of nitrogens with one attached hydrogen (secondary N) is 1. The van der Waals surface area contributed by atoms with Gasteiger partial charge in [0.1, 0.15) is 0 Å². The molecule has 4 heteroatoms. The number of amides is 1. The quantitative estimate of drug-likeness (QED) is 0.854. The number of halogens is 1. The summed E-state index contributed by atoms with van der Waals surface area (Å²) in [7, 11) is 0. The number of rotatable bonds is 3. The van der Waals surface area contributed by atoms with Gasteiger partial charge in [-0.1, -0.05) is 23.7 Å². The van der Waals surface area contributed by atoms with Gasteiger partial charge in [0.15, 0.2) is 0 Å². The predicted octanol–water partition coefficient (Wildman–Crippen LogP) is 2.37. The zero-order valence-corrected chi connectivity index (χ0v) is 9.08. The molecule has 15 heavy (non-hydrogen) atoms. The molecule has 1 aromatic rings. The Labute approximate surface area is 93.7 Å². The van der Waals surface area contributed by atoms with Gasteiger partial charge in [0.25, 0.3) is 5.91 Å². The first-order valence-electron chi connectivity index (χ1n) is 4.57. The van der Waals surface area contributed by atoms with Crippen molar-refractivity contribution in [2.45, 2.75) is 19.4 Å². The highest BCUT2D eigenvalue weighted by molar-refractivity contribution is 6.33. The largest absolute Gasteiger partial charge is 0.349 e. The molecule has 3 nitrogen and oxygen atoms in total. The molecule has 0 saturated carbocycles. The first-order chi connectivity index (χ1) is 7.15. The summed E-state index contributed by atoms with van der Waals surface area (Å²) in [6.45, 7) is 1.78. The maximum atomic E-state index is 11.6. The van der Waals surface area contributed by atoms with Gasteiger partial charge in [0.05, 0.1) is 23.1 Å². The highest BCUT2D eigenvalue weighted by Gasteiger charge is 2.11. The van der Waals surface area contributed by atoms with Crippen molar-refractivity contribution in [3.63, 3.8) is 0 Å². The van der Waals surface area contributed by atoms with Crippen molar-refractivity contribution in [3.05, 3.63) is 34.9 Å². The molecule has 0 aliphatic carbocycles. The molecule has 0 aromatic heterocycles. The highest BCUT2D eigenvalue weighted by atomic mass is 35.5. The van der Waals surface area contributed by atoms with E-state index in [2.05, 4.69) is 5.32 Å². The molecule has 0 bridgehead atoms. The summed E-state index contributed by atoms with van der Waals surface area (Å²) in [6.07, 6.45) is 0.288. The Kier molecular flexibility index (Phi) is 4.14. The van der Waals surface area contributed by atoms with Gasteiger partial charge in [-0.05, 0) is 19.1 Å². The number of hydrogen-bond donors (Lipinski definition) is 1. The molecule has 0 aliphatic rings. The van der Waals surface area contributed by atoms with E-state index < -0.39 is 0 Å². The van der Waals surface area contributed by atoms with Crippen LogP contribution in [0.15, 0.2) is 24.3 Å². The summed E-state index contributed by atoms with van der Waals surface area (Å²) in [5, 5.41) is 11.6. The van der Waals surface area contributed by atoms with Crippen molar-refractivity contribution in [2.24, 2.45) is 0 Å². The average Bonchev–Trinajstić information content (AvgIpc) is 2.18. The van der Waals surface area contributed by atoms with Crippen molar-refractivity contribution >= 4 is 17.5 Å². The van der Waals surface area contributed by atoms with E-state index in [9.17, 15) is 4.79 Å². The number of carbonyl (C=O) groups excluding carboxylic acids is 1. The molecular weight excluding hydrogens is 212 g/mol. The van der Waals surface area contributed by atoms with Crippen molar-refractivity contribution < 1.29 is 4.79 Å². The Morgan fingerprint density at radius 2 is 2.27 bits per heavy atom. The lowest BCUT2D eigenvalue weighted by atomic mass is 10.2. The summed E-state index contributed by atoms with van der Waals surface area (Å²) in [5.41, 5.74) is 0.434. The molecule has 0 fully saturated rings. The first kappa shape index (κ1) is 11.5. The van der Waals surface area contributed by atoms with Crippen LogP contribution in [0.4, 0.5) is 0 Å². The zero-order valence-electron chi connectivity index (χ0n) is 8.33. The Bertz CT molecular complexity index is 398. The van der Waals surface area contributed by atoms with Gasteiger partial charge < -0.3 is 5.32 Å². The molecule has 1 amide bonds. The van der Waals surface area contributed by atoms with E-state index in [1.807, 2.05) is 6.07 Å². The fourth-order valence-corrected chi connectivity index (χ4v) is 1.36. The van der Waals surface area contributed by atoms with E-state index in [0.717, 1.165) is 0 Å². The average molecular weight is 223 g/mol. The van der Waals surface area contributed by atoms with Crippen molar-refractivity contribution in [1.82, 2.24) is 5.32 Å². The third kappa shape index (κ3) is 3.26. The van der Waals surface area contributed by atoms with E-state index in [4.69, 9.17) is 16.9 Å². The molecule has 1 unspecified atom stereocenters. The lowest BCUT2D eigenvalue weighted by Gasteiger charge is -2.10. The second-order valence-corrected chi connectivity index (χ2v) is 3.62. The van der Waals surface area contributed by atoms with Gasteiger partial charge in [-0.2, -0.15) is 5.26 Å². The topological polar surface area (TPSA) is 52.9 Å². The molecule has 0 heterocycles. The zero-order chi connectivity index (χ0) is 11.3. The van der Waals surface area contributed by atoms with Gasteiger partial charge in [-0.3, -0.25) is 4.79 Å². The van der Waals surface area contributed by atoms with Crippen LogP contribution in [0.3, 0.4) is 0 Å². The summed E-state index contributed by atoms with van der Waals surface area (Å²) < 4.78 is 0. The third-order valence-corrected chi connectivity index (χ3v) is 2.22. The smallest absolute Gasteiger partial charge is 0.253 e.